The number of anilines is 1. The Hall–Kier alpha value is -2.24. The molecule has 0 bridgehead atoms. The Labute approximate surface area is 169 Å². The first-order chi connectivity index (χ1) is 13.2. The van der Waals surface area contributed by atoms with E-state index in [4.69, 9.17) is 4.74 Å². The van der Waals surface area contributed by atoms with E-state index in [9.17, 15) is 9.47 Å². The number of aliphatic imine (C=N–C) groups is 1. The average molecular weight is 406 g/mol. The number of nitriles is 1. The molecule has 2 rings (SSSR count). The van der Waals surface area contributed by atoms with Gasteiger partial charge in [-0.05, 0) is 51.2 Å². The molecule has 0 saturated carbocycles. The summed E-state index contributed by atoms with van der Waals surface area (Å²) >= 11 is 0. The summed E-state index contributed by atoms with van der Waals surface area (Å²) in [6.45, 7) is 5.66. The normalized spacial score (nSPS) is 16.7. The van der Waals surface area contributed by atoms with Gasteiger partial charge in [0, 0.05) is 42.2 Å². The molecule has 7 nitrogen and oxygen atoms in total. The lowest BCUT2D eigenvalue weighted by Crippen LogP contribution is -2.22. The van der Waals surface area contributed by atoms with E-state index in [1.165, 1.54) is 19.1 Å². The van der Waals surface area contributed by atoms with Crippen LogP contribution in [0.1, 0.15) is 30.4 Å². The third-order valence-electron chi connectivity index (χ3n) is 4.43. The van der Waals surface area contributed by atoms with Crippen LogP contribution in [0, 0.1) is 18.3 Å². The van der Waals surface area contributed by atoms with Gasteiger partial charge < -0.3 is 19.3 Å². The van der Waals surface area contributed by atoms with E-state index in [-0.39, 0.29) is 0 Å². The highest BCUT2D eigenvalue weighted by Gasteiger charge is 2.18. The minimum atomic E-state index is -2.51. The van der Waals surface area contributed by atoms with Gasteiger partial charge in [-0.1, -0.05) is 0 Å². The summed E-state index contributed by atoms with van der Waals surface area (Å²) in [6.07, 6.45) is 6.59. The molecule has 8 heteroatoms. The minimum Gasteiger partial charge on any atom is -0.491 e. The fraction of sp³-hybridized carbons (Fsp3) is 0.550. The second-order valence-electron chi connectivity index (χ2n) is 7.45. The van der Waals surface area contributed by atoms with Gasteiger partial charge >= 0.3 is 0 Å². The van der Waals surface area contributed by atoms with Crippen LogP contribution in [0.25, 0.3) is 0 Å². The van der Waals surface area contributed by atoms with Crippen molar-refractivity contribution in [3.05, 3.63) is 17.2 Å². The first kappa shape index (κ1) is 22.1. The van der Waals surface area contributed by atoms with Crippen LogP contribution in [0.5, 0.6) is 5.75 Å². The molecule has 1 aromatic rings. The van der Waals surface area contributed by atoms with E-state index in [1.807, 2.05) is 21.0 Å². The zero-order chi connectivity index (χ0) is 20.7. The van der Waals surface area contributed by atoms with Crippen molar-refractivity contribution < 1.29 is 8.95 Å². The second-order valence-corrected chi connectivity index (χ2v) is 9.66. The predicted molar refractivity (Wildman–Crippen MR) is 118 cm³/mol. The summed E-state index contributed by atoms with van der Waals surface area (Å²) in [5, 5.41) is 9.64. The Morgan fingerprint density at radius 1 is 1.46 bits per heavy atom. The summed E-state index contributed by atoms with van der Waals surface area (Å²) in [5.74, 6) is 4.22. The summed E-state index contributed by atoms with van der Waals surface area (Å²) in [4.78, 5) is 8.60. The third kappa shape index (κ3) is 6.43. The number of likely N-dealkylation sites (tertiary alicyclic amines) is 1. The molecule has 28 heavy (non-hydrogen) atoms. The summed E-state index contributed by atoms with van der Waals surface area (Å²) in [5.41, 5.74) is 2.18. The van der Waals surface area contributed by atoms with Gasteiger partial charge in [0.2, 0.25) is 0 Å². The third-order valence-corrected chi connectivity index (χ3v) is 5.08. The van der Waals surface area contributed by atoms with Crippen molar-refractivity contribution in [3.63, 3.8) is 0 Å². The van der Waals surface area contributed by atoms with Gasteiger partial charge in [-0.25, -0.2) is 9.20 Å². The maximum absolute atomic E-state index is 12.3. The summed E-state index contributed by atoms with van der Waals surface area (Å²) in [6, 6.07) is 3.92. The van der Waals surface area contributed by atoms with Gasteiger partial charge in [0.25, 0.3) is 0 Å². The van der Waals surface area contributed by atoms with Crippen LogP contribution >= 0.6 is 0 Å². The smallest absolute Gasteiger partial charge is 0.147 e. The van der Waals surface area contributed by atoms with Crippen molar-refractivity contribution in [2.75, 3.05) is 51.3 Å². The van der Waals surface area contributed by atoms with Crippen LogP contribution < -0.4 is 9.46 Å². The number of benzene rings is 1. The molecular weight excluding hydrogens is 374 g/mol. The Kier molecular flexibility index (Phi) is 7.72. The summed E-state index contributed by atoms with van der Waals surface area (Å²) < 4.78 is 21.2. The standard InChI is InChI=1S/C20H31N5O2S/c1-16-17(14-21)18(22-15-24(2)3)13-19(23-28(4,5)26)20(16)27-12-8-11-25-9-6-7-10-25/h13,15H,4,6-12H2,1-3,5H3,(H,23,26). The van der Waals surface area contributed by atoms with Crippen LogP contribution in [-0.2, 0) is 9.71 Å². The molecule has 1 N–H and O–H groups in total. The average Bonchev–Trinajstić information content (AvgIpc) is 3.11. The molecule has 1 atom stereocenters. The zero-order valence-corrected chi connectivity index (χ0v) is 18.1. The molecule has 1 unspecified atom stereocenters. The Morgan fingerprint density at radius 3 is 2.71 bits per heavy atom. The Morgan fingerprint density at radius 2 is 2.14 bits per heavy atom. The first-order valence-corrected chi connectivity index (χ1v) is 11.6. The molecule has 0 aliphatic carbocycles. The van der Waals surface area contributed by atoms with Crippen molar-refractivity contribution in [1.82, 2.24) is 9.80 Å². The molecule has 1 aliphatic heterocycles. The number of nitrogens with one attached hydrogen (secondary N) is 1. The molecule has 154 valence electrons. The lowest BCUT2D eigenvalue weighted by Gasteiger charge is -2.19. The lowest BCUT2D eigenvalue weighted by molar-refractivity contribution is 0.263. The van der Waals surface area contributed by atoms with Crippen LogP contribution in [-0.4, -0.2) is 72.8 Å². The van der Waals surface area contributed by atoms with E-state index in [1.54, 1.807) is 17.3 Å². The van der Waals surface area contributed by atoms with E-state index in [2.05, 4.69) is 26.6 Å². The molecule has 0 aromatic heterocycles. The highest BCUT2D eigenvalue weighted by molar-refractivity contribution is 8.00. The topological polar surface area (TPSA) is 81.0 Å². The van der Waals surface area contributed by atoms with Crippen molar-refractivity contribution in [3.8, 4) is 11.8 Å². The molecule has 0 amide bonds. The van der Waals surface area contributed by atoms with Gasteiger partial charge in [0.15, 0.2) is 0 Å². The maximum atomic E-state index is 12.3. The quantitative estimate of drug-likeness (QED) is 0.296. The van der Waals surface area contributed by atoms with Crippen LogP contribution in [0.3, 0.4) is 0 Å². The van der Waals surface area contributed by atoms with Crippen LogP contribution in [0.2, 0.25) is 0 Å². The zero-order valence-electron chi connectivity index (χ0n) is 17.3. The Bertz CT molecular complexity index is 850. The fourth-order valence-electron chi connectivity index (χ4n) is 3.17. The minimum absolute atomic E-state index is 0.449. The largest absolute Gasteiger partial charge is 0.491 e. The fourth-order valence-corrected chi connectivity index (χ4v) is 3.78. The second kappa shape index (κ2) is 9.80. The number of nitrogens with zero attached hydrogens (tertiary/aromatic N) is 4. The Balaban J connectivity index is 2.28. The number of hydrogen-bond acceptors (Lipinski definition) is 5. The number of hydrogen-bond donors (Lipinski definition) is 1. The van der Waals surface area contributed by atoms with Crippen molar-refractivity contribution in [2.24, 2.45) is 4.99 Å². The van der Waals surface area contributed by atoms with E-state index in [0.29, 0.717) is 34.9 Å². The molecule has 0 spiro atoms. The van der Waals surface area contributed by atoms with Gasteiger partial charge in [0.05, 0.1) is 29.9 Å². The van der Waals surface area contributed by atoms with Crippen LogP contribution in [0.4, 0.5) is 11.4 Å². The summed E-state index contributed by atoms with van der Waals surface area (Å²) in [7, 11) is 1.20. The molecule has 1 aromatic carbocycles. The molecule has 1 saturated heterocycles. The van der Waals surface area contributed by atoms with Gasteiger partial charge in [0.1, 0.15) is 11.8 Å². The molecule has 1 aliphatic rings. The highest BCUT2D eigenvalue weighted by atomic mass is 32.2. The molecule has 0 radical (unpaired) electrons. The number of ether oxygens (including phenoxy) is 1. The van der Waals surface area contributed by atoms with E-state index < -0.39 is 9.71 Å². The van der Waals surface area contributed by atoms with Gasteiger partial charge in [-0.15, -0.1) is 0 Å². The van der Waals surface area contributed by atoms with Gasteiger partial charge in [-0.3, -0.25) is 0 Å². The lowest BCUT2D eigenvalue weighted by atomic mass is 10.1. The molecule has 1 fully saturated rings. The predicted octanol–water partition coefficient (Wildman–Crippen LogP) is 2.63. The maximum Gasteiger partial charge on any atom is 0.147 e. The monoisotopic (exact) mass is 405 g/mol. The molecule has 1 heterocycles. The highest BCUT2D eigenvalue weighted by Crippen LogP contribution is 2.38. The van der Waals surface area contributed by atoms with Crippen molar-refractivity contribution >= 4 is 33.3 Å². The van der Waals surface area contributed by atoms with Crippen molar-refractivity contribution in [2.45, 2.75) is 26.2 Å². The van der Waals surface area contributed by atoms with Crippen molar-refractivity contribution in [1.29, 1.82) is 5.26 Å². The van der Waals surface area contributed by atoms with E-state index >= 15 is 0 Å². The van der Waals surface area contributed by atoms with E-state index in [0.717, 1.165) is 26.1 Å². The number of rotatable bonds is 9. The molecular formula is C20H31N5O2S. The van der Waals surface area contributed by atoms with Crippen LogP contribution in [0.15, 0.2) is 11.1 Å². The SMILES string of the molecule is C=S(C)(=O)Nc1cc(N=CN(C)C)c(C#N)c(C)c1OCCCN1CCCC1. The first-order valence-electron chi connectivity index (χ1n) is 9.44. The van der Waals surface area contributed by atoms with Gasteiger partial charge in [-0.2, -0.15) is 5.26 Å².